The molecule has 0 bridgehead atoms. The van der Waals surface area contributed by atoms with Gasteiger partial charge in [-0.1, -0.05) is 11.6 Å². The summed E-state index contributed by atoms with van der Waals surface area (Å²) in [6.07, 6.45) is 4.19. The molecule has 1 aromatic heterocycles. The molecule has 0 fully saturated rings. The molecule has 4 nitrogen and oxygen atoms in total. The summed E-state index contributed by atoms with van der Waals surface area (Å²) in [6, 6.07) is 11.1. The van der Waals surface area contributed by atoms with Gasteiger partial charge in [-0.2, -0.15) is 0 Å². The van der Waals surface area contributed by atoms with Gasteiger partial charge in [0.15, 0.2) is 11.5 Å². The summed E-state index contributed by atoms with van der Waals surface area (Å²) in [5.74, 6) is 1.64. The van der Waals surface area contributed by atoms with E-state index in [-0.39, 0.29) is 5.54 Å². The molecule has 2 N–H and O–H groups in total. The molecule has 3 aromatic rings. The van der Waals surface area contributed by atoms with Crippen LogP contribution >= 0.6 is 0 Å². The van der Waals surface area contributed by atoms with Gasteiger partial charge in [-0.05, 0) is 73.6 Å². The number of fused-ring (bicyclic) bond motifs is 5. The number of rotatable bonds is 2. The quantitative estimate of drug-likeness (QED) is 0.724. The van der Waals surface area contributed by atoms with E-state index in [2.05, 4.69) is 47.6 Å². The number of aromatic amines is 1. The lowest BCUT2D eigenvalue weighted by atomic mass is 9.73. The summed E-state index contributed by atoms with van der Waals surface area (Å²) < 4.78 is 11.1. The van der Waals surface area contributed by atoms with E-state index in [1.807, 2.05) is 0 Å². The third-order valence-electron chi connectivity index (χ3n) is 6.40. The van der Waals surface area contributed by atoms with E-state index in [0.717, 1.165) is 43.7 Å². The lowest BCUT2D eigenvalue weighted by Crippen LogP contribution is -2.51. The molecule has 27 heavy (non-hydrogen) atoms. The third kappa shape index (κ3) is 2.47. The van der Waals surface area contributed by atoms with Gasteiger partial charge in [-0.15, -0.1) is 0 Å². The number of aryl methyl sites for hydroxylation is 2. The first kappa shape index (κ1) is 16.7. The molecule has 1 aliphatic heterocycles. The van der Waals surface area contributed by atoms with Gasteiger partial charge < -0.3 is 19.8 Å². The molecule has 5 rings (SSSR count). The third-order valence-corrected chi connectivity index (χ3v) is 6.40. The molecular weight excluding hydrogens is 336 g/mol. The summed E-state index contributed by atoms with van der Waals surface area (Å²) in [5, 5.41) is 5.26. The lowest BCUT2D eigenvalue weighted by Gasteiger charge is -2.42. The van der Waals surface area contributed by atoms with Crippen molar-refractivity contribution in [1.29, 1.82) is 0 Å². The number of benzene rings is 2. The summed E-state index contributed by atoms with van der Waals surface area (Å²) >= 11 is 0. The van der Waals surface area contributed by atoms with E-state index in [4.69, 9.17) is 9.47 Å². The summed E-state index contributed by atoms with van der Waals surface area (Å²) in [5.41, 5.74) is 8.17. The first-order valence-corrected chi connectivity index (χ1v) is 9.74. The lowest BCUT2D eigenvalue weighted by molar-refractivity contribution is 0.269. The number of aromatic nitrogens is 1. The van der Waals surface area contributed by atoms with E-state index >= 15 is 0 Å². The van der Waals surface area contributed by atoms with Gasteiger partial charge in [0.1, 0.15) is 0 Å². The van der Waals surface area contributed by atoms with Gasteiger partial charge in [0, 0.05) is 23.1 Å². The fourth-order valence-electron chi connectivity index (χ4n) is 5.03. The highest BCUT2D eigenvalue weighted by molar-refractivity contribution is 5.86. The fourth-order valence-corrected chi connectivity index (χ4v) is 5.03. The molecule has 0 saturated carbocycles. The van der Waals surface area contributed by atoms with Crippen LogP contribution in [-0.4, -0.2) is 25.7 Å². The average Bonchev–Trinajstić information content (AvgIpc) is 3.06. The smallest absolute Gasteiger partial charge is 0.161 e. The molecule has 0 saturated heterocycles. The minimum Gasteiger partial charge on any atom is -0.493 e. The van der Waals surface area contributed by atoms with Gasteiger partial charge in [-0.25, -0.2) is 0 Å². The number of hydrogen-bond donors (Lipinski definition) is 2. The van der Waals surface area contributed by atoms with Crippen LogP contribution in [-0.2, 0) is 24.8 Å². The summed E-state index contributed by atoms with van der Waals surface area (Å²) in [4.78, 5) is 3.77. The topological polar surface area (TPSA) is 46.3 Å². The Hall–Kier alpha value is -2.46. The zero-order valence-corrected chi connectivity index (χ0v) is 16.2. The number of methoxy groups -OCH3 is 2. The maximum atomic E-state index is 5.56. The van der Waals surface area contributed by atoms with Crippen LogP contribution < -0.4 is 14.8 Å². The second kappa shape index (κ2) is 6.03. The van der Waals surface area contributed by atoms with Crippen LogP contribution in [0, 0.1) is 6.92 Å². The molecule has 0 amide bonds. The number of H-pyrrole nitrogens is 1. The van der Waals surface area contributed by atoms with Crippen molar-refractivity contribution in [2.24, 2.45) is 0 Å². The molecule has 1 atom stereocenters. The standard InChI is InChI=1S/C23H26N2O2/c1-14-4-5-19-18(10-14)17-7-9-24-23(22(17)25-19)8-6-15-11-20(26-2)21(27-3)12-16(15)13-23/h4-5,10-12,24-25H,6-9,13H2,1-3H3. The van der Waals surface area contributed by atoms with E-state index < -0.39 is 0 Å². The Labute approximate surface area is 159 Å². The number of nitrogens with one attached hydrogen (secondary N) is 2. The molecule has 1 spiro atoms. The van der Waals surface area contributed by atoms with Gasteiger partial charge in [0.2, 0.25) is 0 Å². The van der Waals surface area contributed by atoms with E-state index in [0.29, 0.717) is 0 Å². The molecule has 1 aliphatic carbocycles. The van der Waals surface area contributed by atoms with Crippen molar-refractivity contribution in [3.05, 3.63) is 58.3 Å². The molecule has 4 heteroatoms. The summed E-state index contributed by atoms with van der Waals surface area (Å²) in [6.45, 7) is 3.20. The summed E-state index contributed by atoms with van der Waals surface area (Å²) in [7, 11) is 3.41. The zero-order valence-electron chi connectivity index (χ0n) is 16.2. The van der Waals surface area contributed by atoms with Crippen molar-refractivity contribution < 1.29 is 9.47 Å². The highest BCUT2D eigenvalue weighted by Crippen LogP contribution is 2.44. The van der Waals surface area contributed by atoms with Gasteiger partial charge in [-0.3, -0.25) is 0 Å². The Morgan fingerprint density at radius 1 is 0.963 bits per heavy atom. The molecule has 2 aliphatic rings. The number of hydrogen-bond acceptors (Lipinski definition) is 3. The largest absolute Gasteiger partial charge is 0.493 e. The minimum atomic E-state index is -0.0207. The monoisotopic (exact) mass is 362 g/mol. The van der Waals surface area contributed by atoms with E-state index in [9.17, 15) is 0 Å². The van der Waals surface area contributed by atoms with Crippen molar-refractivity contribution in [3.8, 4) is 11.5 Å². The highest BCUT2D eigenvalue weighted by atomic mass is 16.5. The van der Waals surface area contributed by atoms with Crippen molar-refractivity contribution in [2.45, 2.75) is 38.1 Å². The second-order valence-corrected chi connectivity index (χ2v) is 7.94. The Balaban J connectivity index is 1.63. The highest BCUT2D eigenvalue weighted by Gasteiger charge is 2.41. The van der Waals surface area contributed by atoms with Crippen LogP contribution in [0.4, 0.5) is 0 Å². The molecule has 1 unspecified atom stereocenters. The second-order valence-electron chi connectivity index (χ2n) is 7.94. The Bertz CT molecular complexity index is 1040. The Morgan fingerprint density at radius 3 is 2.52 bits per heavy atom. The Morgan fingerprint density at radius 2 is 1.74 bits per heavy atom. The zero-order chi connectivity index (χ0) is 18.6. The first-order chi connectivity index (χ1) is 13.1. The Kier molecular flexibility index (Phi) is 3.73. The molecule has 0 radical (unpaired) electrons. The van der Waals surface area contributed by atoms with E-state index in [1.165, 1.54) is 38.9 Å². The van der Waals surface area contributed by atoms with Crippen molar-refractivity contribution in [2.75, 3.05) is 20.8 Å². The maximum absolute atomic E-state index is 5.56. The van der Waals surface area contributed by atoms with Gasteiger partial charge in [0.25, 0.3) is 0 Å². The van der Waals surface area contributed by atoms with Crippen LogP contribution in [0.2, 0.25) is 0 Å². The fraction of sp³-hybridized carbons (Fsp3) is 0.391. The predicted molar refractivity (Wildman–Crippen MR) is 108 cm³/mol. The predicted octanol–water partition coefficient (Wildman–Crippen LogP) is 4.02. The molecule has 2 heterocycles. The van der Waals surface area contributed by atoms with Crippen LogP contribution in [0.25, 0.3) is 10.9 Å². The number of ether oxygens (including phenoxy) is 2. The molecule has 2 aromatic carbocycles. The van der Waals surface area contributed by atoms with Crippen molar-refractivity contribution in [1.82, 2.24) is 10.3 Å². The van der Waals surface area contributed by atoms with Crippen LogP contribution in [0.3, 0.4) is 0 Å². The average molecular weight is 362 g/mol. The van der Waals surface area contributed by atoms with Crippen LogP contribution in [0.5, 0.6) is 11.5 Å². The van der Waals surface area contributed by atoms with E-state index in [1.54, 1.807) is 14.2 Å². The minimum absolute atomic E-state index is 0.0207. The van der Waals surface area contributed by atoms with Crippen molar-refractivity contribution in [3.63, 3.8) is 0 Å². The SMILES string of the molecule is COc1cc2c(cc1OC)CC1(CC2)NCCc2c1[nH]c1ccc(C)cc21. The van der Waals surface area contributed by atoms with Gasteiger partial charge in [0.05, 0.1) is 19.8 Å². The first-order valence-electron chi connectivity index (χ1n) is 9.74. The molecular formula is C23H26N2O2. The van der Waals surface area contributed by atoms with Gasteiger partial charge >= 0.3 is 0 Å². The van der Waals surface area contributed by atoms with Crippen LogP contribution in [0.15, 0.2) is 30.3 Å². The normalized spacial score (nSPS) is 21.1. The van der Waals surface area contributed by atoms with Crippen LogP contribution in [0.1, 0.15) is 34.4 Å². The maximum Gasteiger partial charge on any atom is 0.161 e. The molecule has 140 valence electrons. The van der Waals surface area contributed by atoms with Crippen molar-refractivity contribution >= 4 is 10.9 Å².